The first kappa shape index (κ1) is 19.5. The Hall–Kier alpha value is -3.81. The van der Waals surface area contributed by atoms with E-state index in [0.717, 1.165) is 12.1 Å². The molecule has 0 spiro atoms. The van der Waals surface area contributed by atoms with Crippen molar-refractivity contribution in [3.8, 4) is 28.7 Å². The van der Waals surface area contributed by atoms with Gasteiger partial charge in [0.15, 0.2) is 5.58 Å². The van der Waals surface area contributed by atoms with Crippen LogP contribution in [0, 0.1) is 0 Å². The van der Waals surface area contributed by atoms with E-state index in [1.54, 1.807) is 42.5 Å². The largest absolute Gasteiger partial charge is 0.457 e. The van der Waals surface area contributed by atoms with E-state index in [4.69, 9.17) is 13.9 Å². The number of oxazole rings is 1. The van der Waals surface area contributed by atoms with Crippen molar-refractivity contribution in [2.24, 2.45) is 0 Å². The smallest absolute Gasteiger partial charge is 0.416 e. The number of carbonyl (C=O) groups is 1. The van der Waals surface area contributed by atoms with Crippen molar-refractivity contribution in [2.75, 3.05) is 0 Å². The van der Waals surface area contributed by atoms with Gasteiger partial charge in [-0.3, -0.25) is 4.79 Å². The van der Waals surface area contributed by atoms with E-state index in [-0.39, 0.29) is 5.75 Å². The molecular weight excluding hydrogens is 399 g/mol. The van der Waals surface area contributed by atoms with E-state index in [2.05, 4.69) is 4.98 Å². The zero-order valence-corrected chi connectivity index (χ0v) is 15.6. The maximum atomic E-state index is 12.7. The highest BCUT2D eigenvalue weighted by Gasteiger charge is 2.30. The predicted molar refractivity (Wildman–Crippen MR) is 102 cm³/mol. The van der Waals surface area contributed by atoms with Crippen LogP contribution < -0.4 is 9.47 Å². The lowest BCUT2D eigenvalue weighted by Crippen LogP contribution is -2.03. The van der Waals surface area contributed by atoms with Crippen LogP contribution >= 0.6 is 0 Å². The van der Waals surface area contributed by atoms with Gasteiger partial charge in [-0.1, -0.05) is 0 Å². The Labute approximate surface area is 168 Å². The molecule has 0 bridgehead atoms. The number of esters is 1. The van der Waals surface area contributed by atoms with Crippen LogP contribution in [0.4, 0.5) is 13.2 Å². The van der Waals surface area contributed by atoms with E-state index in [1.807, 2.05) is 0 Å². The molecule has 5 nitrogen and oxygen atoms in total. The molecule has 0 unspecified atom stereocenters. The summed E-state index contributed by atoms with van der Waals surface area (Å²) in [6, 6.07) is 16.1. The fraction of sp³-hybridized carbons (Fsp3) is 0.0909. The normalized spacial score (nSPS) is 11.5. The van der Waals surface area contributed by atoms with Gasteiger partial charge in [-0.25, -0.2) is 4.98 Å². The molecule has 0 atom stereocenters. The third-order valence-electron chi connectivity index (χ3n) is 4.14. The molecule has 4 rings (SSSR count). The molecule has 0 N–H and O–H groups in total. The maximum absolute atomic E-state index is 12.7. The van der Waals surface area contributed by atoms with E-state index >= 15 is 0 Å². The van der Waals surface area contributed by atoms with Crippen molar-refractivity contribution in [3.63, 3.8) is 0 Å². The number of hydrogen-bond acceptors (Lipinski definition) is 5. The van der Waals surface area contributed by atoms with Crippen LogP contribution in [0.1, 0.15) is 12.5 Å². The lowest BCUT2D eigenvalue weighted by molar-refractivity contribution is -0.137. The van der Waals surface area contributed by atoms with Gasteiger partial charge in [-0.15, -0.1) is 0 Å². The van der Waals surface area contributed by atoms with Gasteiger partial charge in [0.05, 0.1) is 5.56 Å². The van der Waals surface area contributed by atoms with Crippen molar-refractivity contribution < 1.29 is 31.9 Å². The molecule has 0 saturated carbocycles. The van der Waals surface area contributed by atoms with E-state index in [0.29, 0.717) is 34.1 Å². The summed E-state index contributed by atoms with van der Waals surface area (Å²) in [4.78, 5) is 15.4. The van der Waals surface area contributed by atoms with Crippen molar-refractivity contribution in [3.05, 3.63) is 72.3 Å². The number of alkyl halides is 3. The second-order valence-corrected chi connectivity index (χ2v) is 6.39. The number of halogens is 3. The SMILES string of the molecule is CC(=O)Oc1ccc(-c2nc3ccc(Oc4ccc(C(F)(F)F)cc4)cc3o2)cc1. The summed E-state index contributed by atoms with van der Waals surface area (Å²) in [5.41, 5.74) is 0.990. The molecule has 1 aromatic heterocycles. The highest BCUT2D eigenvalue weighted by atomic mass is 19.4. The molecule has 1 heterocycles. The first-order valence-corrected chi connectivity index (χ1v) is 8.82. The summed E-state index contributed by atoms with van der Waals surface area (Å²) in [5.74, 6) is 1.03. The number of carbonyl (C=O) groups excluding carboxylic acids is 1. The van der Waals surface area contributed by atoms with Crippen LogP contribution in [0.25, 0.3) is 22.6 Å². The Bertz CT molecular complexity index is 1200. The number of hydrogen-bond donors (Lipinski definition) is 0. The minimum atomic E-state index is -4.40. The molecule has 30 heavy (non-hydrogen) atoms. The number of nitrogens with zero attached hydrogens (tertiary/aromatic N) is 1. The van der Waals surface area contributed by atoms with Crippen LogP contribution in [0.2, 0.25) is 0 Å². The number of fused-ring (bicyclic) bond motifs is 1. The van der Waals surface area contributed by atoms with Crippen LogP contribution in [0.3, 0.4) is 0 Å². The van der Waals surface area contributed by atoms with Crippen LogP contribution in [0.5, 0.6) is 17.2 Å². The number of aromatic nitrogens is 1. The van der Waals surface area contributed by atoms with Gasteiger partial charge in [0, 0.05) is 18.6 Å². The standard InChI is InChI=1S/C22H14F3NO4/c1-13(27)28-16-6-2-14(3-7-16)21-26-19-11-10-18(12-20(19)30-21)29-17-8-4-15(5-9-17)22(23,24)25/h2-12H,1H3. The number of rotatable bonds is 4. The van der Waals surface area contributed by atoms with Crippen molar-refractivity contribution in [1.82, 2.24) is 4.98 Å². The Kier molecular flexibility index (Phi) is 4.91. The quantitative estimate of drug-likeness (QED) is 0.293. The molecule has 4 aromatic rings. The summed E-state index contributed by atoms with van der Waals surface area (Å²) in [7, 11) is 0. The molecule has 0 radical (unpaired) electrons. The molecule has 0 aliphatic carbocycles. The molecule has 0 saturated heterocycles. The Morgan fingerprint density at radius 3 is 2.17 bits per heavy atom. The predicted octanol–water partition coefficient (Wildman–Crippen LogP) is 6.23. The second-order valence-electron chi connectivity index (χ2n) is 6.39. The summed E-state index contributed by atoms with van der Waals surface area (Å²) in [6.45, 7) is 1.32. The van der Waals surface area contributed by atoms with Gasteiger partial charge in [0.1, 0.15) is 22.8 Å². The van der Waals surface area contributed by atoms with Gasteiger partial charge in [0.2, 0.25) is 5.89 Å². The van der Waals surface area contributed by atoms with E-state index < -0.39 is 17.7 Å². The molecule has 0 aliphatic heterocycles. The van der Waals surface area contributed by atoms with Crippen LogP contribution in [-0.2, 0) is 11.0 Å². The number of benzene rings is 3. The summed E-state index contributed by atoms with van der Waals surface area (Å²) in [5, 5.41) is 0. The van der Waals surface area contributed by atoms with Gasteiger partial charge in [-0.05, 0) is 60.7 Å². The van der Waals surface area contributed by atoms with Crippen LogP contribution in [-0.4, -0.2) is 11.0 Å². The Balaban J connectivity index is 1.54. The molecule has 152 valence electrons. The highest BCUT2D eigenvalue weighted by Crippen LogP contribution is 2.33. The highest BCUT2D eigenvalue weighted by molar-refractivity contribution is 5.78. The number of ether oxygens (including phenoxy) is 2. The van der Waals surface area contributed by atoms with E-state index in [9.17, 15) is 18.0 Å². The van der Waals surface area contributed by atoms with Gasteiger partial charge in [0.25, 0.3) is 0 Å². The zero-order valence-electron chi connectivity index (χ0n) is 15.6. The van der Waals surface area contributed by atoms with Gasteiger partial charge < -0.3 is 13.9 Å². The average Bonchev–Trinajstić information content (AvgIpc) is 3.11. The first-order valence-electron chi connectivity index (χ1n) is 8.82. The molecule has 0 fully saturated rings. The zero-order chi connectivity index (χ0) is 21.3. The monoisotopic (exact) mass is 413 g/mol. The Morgan fingerprint density at radius 1 is 0.900 bits per heavy atom. The lowest BCUT2D eigenvalue weighted by atomic mass is 10.2. The topological polar surface area (TPSA) is 61.6 Å². The second kappa shape index (κ2) is 7.55. The summed E-state index contributed by atoms with van der Waals surface area (Å²) in [6.07, 6.45) is -4.40. The minimum absolute atomic E-state index is 0.267. The third-order valence-corrected chi connectivity index (χ3v) is 4.14. The maximum Gasteiger partial charge on any atom is 0.416 e. The molecular formula is C22H14F3NO4. The van der Waals surface area contributed by atoms with Crippen molar-refractivity contribution >= 4 is 17.1 Å². The fourth-order valence-corrected chi connectivity index (χ4v) is 2.77. The molecule has 0 aliphatic rings. The summed E-state index contributed by atoms with van der Waals surface area (Å²) < 4.78 is 54.4. The minimum Gasteiger partial charge on any atom is -0.457 e. The van der Waals surface area contributed by atoms with Crippen molar-refractivity contribution in [2.45, 2.75) is 13.1 Å². The average molecular weight is 413 g/mol. The molecule has 3 aromatic carbocycles. The molecule has 8 heteroatoms. The fourth-order valence-electron chi connectivity index (χ4n) is 2.77. The van der Waals surface area contributed by atoms with Crippen molar-refractivity contribution in [1.29, 1.82) is 0 Å². The Morgan fingerprint density at radius 2 is 1.53 bits per heavy atom. The van der Waals surface area contributed by atoms with Gasteiger partial charge in [-0.2, -0.15) is 13.2 Å². The summed E-state index contributed by atoms with van der Waals surface area (Å²) >= 11 is 0. The third kappa shape index (κ3) is 4.27. The first-order chi connectivity index (χ1) is 14.3. The van der Waals surface area contributed by atoms with Gasteiger partial charge >= 0.3 is 12.1 Å². The van der Waals surface area contributed by atoms with Crippen LogP contribution in [0.15, 0.2) is 71.1 Å². The molecule has 0 amide bonds. The van der Waals surface area contributed by atoms with E-state index in [1.165, 1.54) is 19.1 Å². The lowest BCUT2D eigenvalue weighted by Gasteiger charge is -2.08.